The maximum Gasteiger partial charge on any atom is 0.0528 e. The Balaban J connectivity index is 1.13. The number of hydrogen-bond donors (Lipinski definition) is 0. The molecule has 222 valence electrons. The SMILES string of the molecule is CC1(C)c2ccccc2-c2cc3c(cc21)N(c1ccc(-c2ccc(-n4ccc5ccccc54)cc2)cc1)c1ccccc1C3(C)C. The number of para-hydroxylation sites is 2. The fourth-order valence-electron chi connectivity index (χ4n) is 8.10. The van der Waals surface area contributed by atoms with Crippen molar-refractivity contribution in [3.05, 3.63) is 168 Å². The third-order valence-corrected chi connectivity index (χ3v) is 10.6. The van der Waals surface area contributed by atoms with Crippen LogP contribution >= 0.6 is 0 Å². The van der Waals surface area contributed by atoms with Gasteiger partial charge in [0.15, 0.2) is 0 Å². The molecule has 2 nitrogen and oxygen atoms in total. The van der Waals surface area contributed by atoms with Crippen molar-refractivity contribution >= 4 is 28.0 Å². The van der Waals surface area contributed by atoms with Gasteiger partial charge in [0.05, 0.1) is 16.9 Å². The Kier molecular flexibility index (Phi) is 5.63. The Hall–Kier alpha value is -5.34. The topological polar surface area (TPSA) is 8.17 Å². The summed E-state index contributed by atoms with van der Waals surface area (Å²) >= 11 is 0. The number of aromatic nitrogens is 1. The van der Waals surface area contributed by atoms with Crippen LogP contribution in [0.25, 0.3) is 38.8 Å². The third-order valence-electron chi connectivity index (χ3n) is 10.6. The minimum atomic E-state index is -0.133. The maximum atomic E-state index is 2.49. The van der Waals surface area contributed by atoms with Gasteiger partial charge in [-0.2, -0.15) is 0 Å². The Morgan fingerprint density at radius 3 is 1.80 bits per heavy atom. The summed E-state index contributed by atoms with van der Waals surface area (Å²) in [6.45, 7) is 9.50. The predicted molar refractivity (Wildman–Crippen MR) is 193 cm³/mol. The van der Waals surface area contributed by atoms with Crippen LogP contribution in [-0.4, -0.2) is 4.57 Å². The lowest BCUT2D eigenvalue weighted by molar-refractivity contribution is 0.627. The van der Waals surface area contributed by atoms with Gasteiger partial charge in [0.2, 0.25) is 0 Å². The van der Waals surface area contributed by atoms with Crippen molar-refractivity contribution in [2.24, 2.45) is 0 Å². The first-order valence-electron chi connectivity index (χ1n) is 16.3. The lowest BCUT2D eigenvalue weighted by Crippen LogP contribution is -2.31. The molecule has 1 aliphatic heterocycles. The molecule has 0 fully saturated rings. The molecule has 1 aromatic heterocycles. The summed E-state index contributed by atoms with van der Waals surface area (Å²) in [7, 11) is 0. The number of rotatable bonds is 3. The number of fused-ring (bicyclic) bond motifs is 6. The van der Waals surface area contributed by atoms with E-state index >= 15 is 0 Å². The molecular weight excluding hydrogens is 556 g/mol. The maximum absolute atomic E-state index is 2.49. The van der Waals surface area contributed by atoms with Crippen LogP contribution in [0.2, 0.25) is 0 Å². The van der Waals surface area contributed by atoms with E-state index in [9.17, 15) is 0 Å². The van der Waals surface area contributed by atoms with Gasteiger partial charge < -0.3 is 9.47 Å². The molecule has 0 amide bonds. The van der Waals surface area contributed by atoms with Crippen molar-refractivity contribution in [3.8, 4) is 27.9 Å². The second-order valence-electron chi connectivity index (χ2n) is 13.9. The average Bonchev–Trinajstić information content (AvgIpc) is 3.61. The van der Waals surface area contributed by atoms with Gasteiger partial charge in [-0.25, -0.2) is 0 Å². The van der Waals surface area contributed by atoms with E-state index in [-0.39, 0.29) is 10.8 Å². The fourth-order valence-corrected chi connectivity index (χ4v) is 8.10. The highest BCUT2D eigenvalue weighted by molar-refractivity contribution is 5.91. The van der Waals surface area contributed by atoms with Gasteiger partial charge in [-0.1, -0.05) is 113 Å². The molecule has 0 radical (unpaired) electrons. The predicted octanol–water partition coefficient (Wildman–Crippen LogP) is 11.7. The van der Waals surface area contributed by atoms with E-state index in [0.717, 1.165) is 0 Å². The average molecular weight is 593 g/mol. The highest BCUT2D eigenvalue weighted by atomic mass is 15.2. The van der Waals surface area contributed by atoms with Crippen LogP contribution < -0.4 is 4.90 Å². The van der Waals surface area contributed by atoms with Gasteiger partial charge in [0.1, 0.15) is 0 Å². The van der Waals surface area contributed by atoms with Crippen molar-refractivity contribution < 1.29 is 0 Å². The molecule has 6 aromatic carbocycles. The molecule has 1 aliphatic carbocycles. The minimum absolute atomic E-state index is 0.0588. The molecule has 0 saturated carbocycles. The van der Waals surface area contributed by atoms with Gasteiger partial charge in [0.25, 0.3) is 0 Å². The lowest BCUT2D eigenvalue weighted by Gasteiger charge is -2.43. The number of benzene rings is 6. The quantitative estimate of drug-likeness (QED) is 0.198. The first-order valence-corrected chi connectivity index (χ1v) is 16.3. The van der Waals surface area contributed by atoms with Gasteiger partial charge in [-0.05, 0) is 104 Å². The summed E-state index contributed by atoms with van der Waals surface area (Å²) in [5.41, 5.74) is 16.6. The molecule has 9 rings (SSSR count). The first kappa shape index (κ1) is 27.0. The molecule has 0 saturated heterocycles. The Morgan fingerprint density at radius 2 is 1.04 bits per heavy atom. The lowest BCUT2D eigenvalue weighted by atomic mass is 9.72. The zero-order chi connectivity index (χ0) is 31.2. The monoisotopic (exact) mass is 592 g/mol. The molecule has 46 heavy (non-hydrogen) atoms. The first-order chi connectivity index (χ1) is 22.3. The van der Waals surface area contributed by atoms with Gasteiger partial charge in [-0.15, -0.1) is 0 Å². The Labute approximate surface area is 271 Å². The summed E-state index contributed by atoms with van der Waals surface area (Å²) in [5, 5.41) is 1.25. The zero-order valence-electron chi connectivity index (χ0n) is 26.8. The normalized spacial score (nSPS) is 15.3. The van der Waals surface area contributed by atoms with Gasteiger partial charge in [-0.3, -0.25) is 0 Å². The minimum Gasteiger partial charge on any atom is -0.317 e. The highest BCUT2D eigenvalue weighted by Gasteiger charge is 2.42. The van der Waals surface area contributed by atoms with Crippen LogP contribution in [0.4, 0.5) is 17.1 Å². The molecule has 2 heteroatoms. The van der Waals surface area contributed by atoms with Crippen LogP contribution in [0.3, 0.4) is 0 Å². The zero-order valence-corrected chi connectivity index (χ0v) is 26.8. The third kappa shape index (κ3) is 3.77. The van der Waals surface area contributed by atoms with Crippen molar-refractivity contribution in [2.45, 2.75) is 38.5 Å². The van der Waals surface area contributed by atoms with Crippen molar-refractivity contribution in [2.75, 3.05) is 4.90 Å². The van der Waals surface area contributed by atoms with Crippen molar-refractivity contribution in [1.29, 1.82) is 0 Å². The number of nitrogens with zero attached hydrogens (tertiary/aromatic N) is 2. The Bertz CT molecular complexity index is 2300. The van der Waals surface area contributed by atoms with E-state index in [0.29, 0.717) is 0 Å². The van der Waals surface area contributed by atoms with E-state index in [1.54, 1.807) is 0 Å². The molecule has 0 spiro atoms. The van der Waals surface area contributed by atoms with Crippen LogP contribution in [-0.2, 0) is 10.8 Å². The second kappa shape index (κ2) is 9.58. The molecule has 2 heterocycles. The van der Waals surface area contributed by atoms with E-state index in [4.69, 9.17) is 0 Å². The summed E-state index contributed by atoms with van der Waals surface area (Å²) in [6, 6.07) is 51.6. The molecule has 0 unspecified atom stereocenters. The van der Waals surface area contributed by atoms with Gasteiger partial charge >= 0.3 is 0 Å². The summed E-state index contributed by atoms with van der Waals surface area (Å²) in [5.74, 6) is 0. The second-order valence-corrected chi connectivity index (χ2v) is 13.9. The van der Waals surface area contributed by atoms with Crippen molar-refractivity contribution in [1.82, 2.24) is 4.57 Å². The standard InChI is InChI=1S/C44H36N2/c1-43(2)36-13-7-6-12-34(36)35-27-39-42(28-38(35)43)46(41-16-10-8-14-37(41)44(39,3)4)33-23-19-30(20-24-33)29-17-21-32(22-18-29)45-26-25-31-11-5-9-15-40(31)45/h5-28H,1-4H3. The molecule has 0 atom stereocenters. The van der Waals surface area contributed by atoms with E-state index < -0.39 is 0 Å². The smallest absolute Gasteiger partial charge is 0.0528 e. The fraction of sp³-hybridized carbons (Fsp3) is 0.136. The summed E-state index contributed by atoms with van der Waals surface area (Å²) in [6.07, 6.45) is 2.15. The van der Waals surface area contributed by atoms with Crippen LogP contribution in [0.15, 0.2) is 146 Å². The molecule has 0 N–H and O–H groups in total. The highest BCUT2D eigenvalue weighted by Crippen LogP contribution is 2.57. The van der Waals surface area contributed by atoms with Crippen LogP contribution in [0, 0.1) is 0 Å². The van der Waals surface area contributed by atoms with E-state index in [1.165, 1.54) is 78.2 Å². The summed E-state index contributed by atoms with van der Waals surface area (Å²) < 4.78 is 2.26. The van der Waals surface area contributed by atoms with Crippen molar-refractivity contribution in [3.63, 3.8) is 0 Å². The van der Waals surface area contributed by atoms with Crippen LogP contribution in [0.1, 0.15) is 49.9 Å². The Morgan fingerprint density at radius 1 is 0.435 bits per heavy atom. The molecular formula is C44H36N2. The number of anilines is 3. The number of hydrogen-bond acceptors (Lipinski definition) is 1. The molecule has 2 aliphatic rings. The largest absolute Gasteiger partial charge is 0.317 e. The summed E-state index contributed by atoms with van der Waals surface area (Å²) in [4.78, 5) is 2.49. The van der Waals surface area contributed by atoms with E-state index in [2.05, 4.69) is 183 Å². The molecule has 7 aromatic rings. The van der Waals surface area contributed by atoms with Gasteiger partial charge in [0, 0.05) is 28.4 Å². The van der Waals surface area contributed by atoms with E-state index in [1.807, 2.05) is 0 Å². The molecule has 0 bridgehead atoms. The van der Waals surface area contributed by atoms with Crippen LogP contribution in [0.5, 0.6) is 0 Å².